The molecule has 3 N–H and O–H groups in total. The van der Waals surface area contributed by atoms with Crippen molar-refractivity contribution in [3.63, 3.8) is 0 Å². The number of hydrogen-bond donors (Lipinski definition) is 3. The van der Waals surface area contributed by atoms with Gasteiger partial charge in [-0.25, -0.2) is 0 Å². The van der Waals surface area contributed by atoms with Gasteiger partial charge in [-0.2, -0.15) is 0 Å². The standard InChI is InChI=1S/C22H31N5O4/c28-21(29)16-26-10-8-23-7-9-25(11-13-27(14-12-26)17-22(30)31)15-20-19-4-2-1-3-18(19)5-6-24-20/h1-6,23H,7-17H2,(H,28,29)(H,30,31). The molecule has 9 heteroatoms. The number of pyridine rings is 1. The SMILES string of the molecule is O=C(O)CN1CCNCCN(Cc2nccc3ccccc23)CCN(CC(=O)O)CC1. The van der Waals surface area contributed by atoms with Gasteiger partial charge in [0.2, 0.25) is 0 Å². The number of carboxylic acid groups (broad SMARTS) is 2. The number of nitrogens with zero attached hydrogens (tertiary/aromatic N) is 4. The molecule has 0 spiro atoms. The lowest BCUT2D eigenvalue weighted by atomic mass is 10.1. The van der Waals surface area contributed by atoms with Crippen molar-refractivity contribution >= 4 is 22.7 Å². The molecule has 0 saturated carbocycles. The van der Waals surface area contributed by atoms with Gasteiger partial charge in [0.15, 0.2) is 0 Å². The zero-order valence-corrected chi connectivity index (χ0v) is 17.7. The maximum Gasteiger partial charge on any atom is 0.317 e. The first-order valence-corrected chi connectivity index (χ1v) is 10.7. The molecule has 1 fully saturated rings. The second-order valence-corrected chi connectivity index (χ2v) is 7.84. The Morgan fingerprint density at radius 1 is 0.839 bits per heavy atom. The molecule has 1 aromatic heterocycles. The minimum absolute atomic E-state index is 0.0402. The average molecular weight is 430 g/mol. The topological polar surface area (TPSA) is 109 Å². The maximum atomic E-state index is 11.3. The molecule has 0 unspecified atom stereocenters. The van der Waals surface area contributed by atoms with Gasteiger partial charge in [-0.05, 0) is 11.5 Å². The third-order valence-electron chi connectivity index (χ3n) is 5.52. The number of aromatic nitrogens is 1. The highest BCUT2D eigenvalue weighted by atomic mass is 16.4. The van der Waals surface area contributed by atoms with Gasteiger partial charge in [-0.3, -0.25) is 29.3 Å². The summed E-state index contributed by atoms with van der Waals surface area (Å²) in [7, 11) is 0. The molecule has 2 heterocycles. The van der Waals surface area contributed by atoms with Crippen LogP contribution in [0.25, 0.3) is 10.8 Å². The van der Waals surface area contributed by atoms with Gasteiger partial charge in [0.1, 0.15) is 0 Å². The second-order valence-electron chi connectivity index (χ2n) is 7.84. The van der Waals surface area contributed by atoms with Crippen LogP contribution in [0.5, 0.6) is 0 Å². The summed E-state index contributed by atoms with van der Waals surface area (Å²) in [5, 5.41) is 24.1. The first-order chi connectivity index (χ1) is 15.0. The third-order valence-corrected chi connectivity index (χ3v) is 5.52. The van der Waals surface area contributed by atoms with Gasteiger partial charge in [-0.1, -0.05) is 24.3 Å². The van der Waals surface area contributed by atoms with Crippen LogP contribution in [0.15, 0.2) is 36.5 Å². The molecule has 0 bridgehead atoms. The Hall–Kier alpha value is -2.59. The van der Waals surface area contributed by atoms with Crippen molar-refractivity contribution < 1.29 is 19.8 Å². The number of benzene rings is 1. The van der Waals surface area contributed by atoms with Crippen LogP contribution in [-0.4, -0.2) is 107 Å². The van der Waals surface area contributed by atoms with Gasteiger partial charge in [0, 0.05) is 70.5 Å². The molecule has 2 aromatic rings. The summed E-state index contributed by atoms with van der Waals surface area (Å²) in [5.41, 5.74) is 1.02. The summed E-state index contributed by atoms with van der Waals surface area (Å²) < 4.78 is 0. The molecule has 31 heavy (non-hydrogen) atoms. The lowest BCUT2D eigenvalue weighted by Gasteiger charge is -2.30. The first-order valence-electron chi connectivity index (χ1n) is 10.7. The molecule has 1 aliphatic rings. The van der Waals surface area contributed by atoms with Crippen molar-refractivity contribution in [2.45, 2.75) is 6.54 Å². The Labute approximate surface area is 182 Å². The van der Waals surface area contributed by atoms with E-state index in [0.717, 1.165) is 29.6 Å². The Bertz CT molecular complexity index is 873. The molecular formula is C22H31N5O4. The van der Waals surface area contributed by atoms with E-state index in [0.29, 0.717) is 45.8 Å². The Balaban J connectivity index is 1.70. The molecular weight excluding hydrogens is 398 g/mol. The first kappa shape index (κ1) is 23.1. The normalized spacial score (nSPS) is 18.3. The molecule has 0 atom stereocenters. The van der Waals surface area contributed by atoms with E-state index in [2.05, 4.69) is 27.3 Å². The fraction of sp³-hybridized carbons (Fsp3) is 0.500. The van der Waals surface area contributed by atoms with Gasteiger partial charge in [0.25, 0.3) is 0 Å². The van der Waals surface area contributed by atoms with Crippen LogP contribution in [-0.2, 0) is 16.1 Å². The molecule has 0 amide bonds. The zero-order valence-electron chi connectivity index (χ0n) is 17.7. The smallest absolute Gasteiger partial charge is 0.317 e. The molecule has 1 aromatic carbocycles. The summed E-state index contributed by atoms with van der Waals surface area (Å²) in [6.45, 7) is 5.79. The second kappa shape index (κ2) is 11.7. The molecule has 0 radical (unpaired) electrons. The van der Waals surface area contributed by atoms with Crippen LogP contribution >= 0.6 is 0 Å². The van der Waals surface area contributed by atoms with Crippen molar-refractivity contribution in [3.8, 4) is 0 Å². The van der Waals surface area contributed by atoms with Crippen molar-refractivity contribution in [2.24, 2.45) is 0 Å². The van der Waals surface area contributed by atoms with Gasteiger partial charge >= 0.3 is 11.9 Å². The Kier molecular flexibility index (Phi) is 8.72. The van der Waals surface area contributed by atoms with E-state index < -0.39 is 11.9 Å². The number of carboxylic acids is 2. The van der Waals surface area contributed by atoms with Crippen LogP contribution in [0, 0.1) is 0 Å². The maximum absolute atomic E-state index is 11.3. The van der Waals surface area contributed by atoms with Gasteiger partial charge < -0.3 is 15.5 Å². The van der Waals surface area contributed by atoms with Crippen LogP contribution in [0.3, 0.4) is 0 Å². The predicted octanol–water partition coefficient (Wildman–Crippen LogP) is 0.413. The van der Waals surface area contributed by atoms with Crippen molar-refractivity contribution in [3.05, 3.63) is 42.2 Å². The van der Waals surface area contributed by atoms with Crippen molar-refractivity contribution in [2.75, 3.05) is 65.4 Å². The summed E-state index contributed by atoms with van der Waals surface area (Å²) >= 11 is 0. The van der Waals surface area contributed by atoms with E-state index in [4.69, 9.17) is 5.11 Å². The Morgan fingerprint density at radius 3 is 2.10 bits per heavy atom. The predicted molar refractivity (Wildman–Crippen MR) is 118 cm³/mol. The van der Waals surface area contributed by atoms with Crippen LogP contribution in [0.1, 0.15) is 5.69 Å². The number of fused-ring (bicyclic) bond motifs is 1. The summed E-state index contributed by atoms with van der Waals surface area (Å²) in [5.74, 6) is -1.74. The van der Waals surface area contributed by atoms with E-state index in [1.807, 2.05) is 34.2 Å². The molecule has 168 valence electrons. The molecule has 1 aliphatic heterocycles. The number of nitrogens with one attached hydrogen (secondary N) is 1. The molecule has 1 saturated heterocycles. The number of carbonyl (C=O) groups is 2. The van der Waals surface area contributed by atoms with Crippen LogP contribution in [0.4, 0.5) is 0 Å². The van der Waals surface area contributed by atoms with Gasteiger partial charge in [-0.15, -0.1) is 0 Å². The monoisotopic (exact) mass is 429 g/mol. The number of rotatable bonds is 6. The molecule has 0 aliphatic carbocycles. The zero-order chi connectivity index (χ0) is 22.1. The summed E-state index contributed by atoms with van der Waals surface area (Å²) in [4.78, 5) is 33.1. The van der Waals surface area contributed by atoms with E-state index in [1.54, 1.807) is 0 Å². The lowest BCUT2D eigenvalue weighted by molar-refractivity contribution is -0.140. The van der Waals surface area contributed by atoms with Crippen molar-refractivity contribution in [1.82, 2.24) is 25.0 Å². The molecule has 9 nitrogen and oxygen atoms in total. The molecule has 3 rings (SSSR count). The largest absolute Gasteiger partial charge is 0.480 e. The summed E-state index contributed by atoms with van der Waals surface area (Å²) in [6, 6.07) is 10.2. The van der Waals surface area contributed by atoms with Crippen LogP contribution in [0.2, 0.25) is 0 Å². The fourth-order valence-corrected chi connectivity index (χ4v) is 3.88. The highest BCUT2D eigenvalue weighted by Crippen LogP contribution is 2.17. The van der Waals surface area contributed by atoms with E-state index in [1.165, 1.54) is 0 Å². The third kappa shape index (κ3) is 7.55. The van der Waals surface area contributed by atoms with Crippen LogP contribution < -0.4 is 5.32 Å². The highest BCUT2D eigenvalue weighted by molar-refractivity contribution is 5.84. The van der Waals surface area contributed by atoms with E-state index in [9.17, 15) is 14.7 Å². The quantitative estimate of drug-likeness (QED) is 0.602. The Morgan fingerprint density at radius 2 is 1.42 bits per heavy atom. The van der Waals surface area contributed by atoms with Crippen molar-refractivity contribution in [1.29, 1.82) is 0 Å². The number of hydrogen-bond acceptors (Lipinski definition) is 7. The highest BCUT2D eigenvalue weighted by Gasteiger charge is 2.17. The lowest BCUT2D eigenvalue weighted by Crippen LogP contribution is -2.46. The average Bonchev–Trinajstić information content (AvgIpc) is 2.73. The fourth-order valence-electron chi connectivity index (χ4n) is 3.88. The number of aliphatic carboxylic acids is 2. The van der Waals surface area contributed by atoms with E-state index >= 15 is 0 Å². The van der Waals surface area contributed by atoms with E-state index in [-0.39, 0.29) is 13.1 Å². The minimum atomic E-state index is -0.874. The minimum Gasteiger partial charge on any atom is -0.480 e. The van der Waals surface area contributed by atoms with Gasteiger partial charge in [0.05, 0.1) is 18.8 Å². The summed E-state index contributed by atoms with van der Waals surface area (Å²) in [6.07, 6.45) is 1.83.